The number of aliphatic carboxylic acids is 1. The lowest BCUT2D eigenvalue weighted by Gasteiger charge is -2.24. The molecule has 0 aliphatic rings. The summed E-state index contributed by atoms with van der Waals surface area (Å²) in [7, 11) is 0. The third kappa shape index (κ3) is 8.18. The second kappa shape index (κ2) is 12.8. The number of fused-ring (bicyclic) bond motifs is 1. The number of rotatable bonds is 11. The number of aryl methyl sites for hydroxylation is 1. The van der Waals surface area contributed by atoms with Crippen molar-refractivity contribution in [3.63, 3.8) is 0 Å². The molecule has 0 fully saturated rings. The second-order valence-corrected chi connectivity index (χ2v) is 12.4. The minimum absolute atomic E-state index is 0.0372. The summed E-state index contributed by atoms with van der Waals surface area (Å²) in [4.78, 5) is 16.1. The molecule has 0 bridgehead atoms. The van der Waals surface area contributed by atoms with Gasteiger partial charge in [-0.25, -0.2) is 4.98 Å². The number of carbonyl (C=O) groups is 1. The zero-order valence-electron chi connectivity index (χ0n) is 22.5. The van der Waals surface area contributed by atoms with Crippen LogP contribution in [0.1, 0.15) is 66.8 Å². The van der Waals surface area contributed by atoms with Gasteiger partial charge in [0.05, 0.1) is 23.2 Å². The number of hydrogen-bond acceptors (Lipinski definition) is 4. The number of benzene rings is 3. The molecule has 1 aromatic heterocycles. The van der Waals surface area contributed by atoms with Crippen LogP contribution in [0.4, 0.5) is 0 Å². The summed E-state index contributed by atoms with van der Waals surface area (Å²) in [5, 5.41) is 21.8. The predicted molar refractivity (Wildman–Crippen MR) is 164 cm³/mol. The van der Waals surface area contributed by atoms with Crippen LogP contribution in [0.2, 0.25) is 5.02 Å². The van der Waals surface area contributed by atoms with Crippen molar-refractivity contribution in [2.24, 2.45) is 0 Å². The standard InChI is InChI=1S/C33H34ClNO3S/c1-22(19-32(36)37)39-31(18-14-24-8-4-5-10-29(24)33(2,3)38)26-9-6-7-23(20-26)11-16-28-17-13-25-12-15-27(34)21-30(25)35-28/h4-13,15-17,20-22,31,38H,14,18-19H2,1-3H3,(H,36,37)/t22-,31-/m1/s1. The highest BCUT2D eigenvalue weighted by atomic mass is 35.5. The summed E-state index contributed by atoms with van der Waals surface area (Å²) in [6.45, 7) is 5.58. The van der Waals surface area contributed by atoms with E-state index in [1.165, 1.54) is 0 Å². The molecule has 0 unspecified atom stereocenters. The Morgan fingerprint density at radius 1 is 1.03 bits per heavy atom. The van der Waals surface area contributed by atoms with Gasteiger partial charge in [0.15, 0.2) is 0 Å². The highest BCUT2D eigenvalue weighted by molar-refractivity contribution is 8.00. The molecule has 0 radical (unpaired) electrons. The summed E-state index contributed by atoms with van der Waals surface area (Å²) in [5.74, 6) is -0.790. The van der Waals surface area contributed by atoms with E-state index in [9.17, 15) is 15.0 Å². The molecule has 2 atom stereocenters. The fourth-order valence-electron chi connectivity index (χ4n) is 4.75. The zero-order valence-corrected chi connectivity index (χ0v) is 24.0. The molecular formula is C33H34ClNO3S. The summed E-state index contributed by atoms with van der Waals surface area (Å²) in [5.41, 5.74) is 5.01. The minimum atomic E-state index is -0.928. The fourth-order valence-corrected chi connectivity index (χ4v) is 6.28. The first kappa shape index (κ1) is 28.9. The smallest absolute Gasteiger partial charge is 0.304 e. The average Bonchev–Trinajstić information content (AvgIpc) is 2.89. The number of aromatic nitrogens is 1. The summed E-state index contributed by atoms with van der Waals surface area (Å²) in [6, 6.07) is 26.1. The molecular weight excluding hydrogens is 526 g/mol. The van der Waals surface area contributed by atoms with Gasteiger partial charge < -0.3 is 10.2 Å². The van der Waals surface area contributed by atoms with Gasteiger partial charge in [-0.3, -0.25) is 4.79 Å². The molecule has 0 saturated carbocycles. The highest BCUT2D eigenvalue weighted by Gasteiger charge is 2.22. The predicted octanol–water partition coefficient (Wildman–Crippen LogP) is 8.56. The quantitative estimate of drug-likeness (QED) is 0.192. The Labute approximate surface area is 239 Å². The molecule has 39 heavy (non-hydrogen) atoms. The van der Waals surface area contributed by atoms with Gasteiger partial charge in [0.2, 0.25) is 0 Å². The molecule has 0 aliphatic heterocycles. The molecule has 0 spiro atoms. The molecule has 0 amide bonds. The SMILES string of the molecule is C[C@H](CC(=O)O)S[C@H](CCc1ccccc1C(C)(C)O)c1cccc(C=Cc2ccc3ccc(Cl)cc3n2)c1. The van der Waals surface area contributed by atoms with E-state index >= 15 is 0 Å². The monoisotopic (exact) mass is 559 g/mol. The Hall–Kier alpha value is -3.12. The van der Waals surface area contributed by atoms with Crippen molar-refractivity contribution in [3.8, 4) is 0 Å². The van der Waals surface area contributed by atoms with Crippen LogP contribution in [-0.4, -0.2) is 26.4 Å². The first-order valence-electron chi connectivity index (χ1n) is 13.1. The van der Waals surface area contributed by atoms with E-state index in [0.717, 1.165) is 51.7 Å². The summed E-state index contributed by atoms with van der Waals surface area (Å²) in [6.07, 6.45) is 5.75. The first-order chi connectivity index (χ1) is 18.6. The van der Waals surface area contributed by atoms with E-state index in [1.807, 2.05) is 87.5 Å². The number of nitrogens with zero attached hydrogens (tertiary/aromatic N) is 1. The number of aliphatic hydroxyl groups is 1. The molecule has 4 rings (SSSR count). The van der Waals surface area contributed by atoms with Gasteiger partial charge in [0.25, 0.3) is 0 Å². The second-order valence-electron chi connectivity index (χ2n) is 10.4. The van der Waals surface area contributed by atoms with Crippen molar-refractivity contribution < 1.29 is 15.0 Å². The number of carboxylic acids is 1. The van der Waals surface area contributed by atoms with Crippen molar-refractivity contribution in [2.75, 3.05) is 0 Å². The largest absolute Gasteiger partial charge is 0.481 e. The van der Waals surface area contributed by atoms with Crippen LogP contribution in [0.5, 0.6) is 0 Å². The van der Waals surface area contributed by atoms with Crippen molar-refractivity contribution in [2.45, 2.75) is 56.1 Å². The lowest BCUT2D eigenvalue weighted by Crippen LogP contribution is -2.18. The van der Waals surface area contributed by atoms with Gasteiger partial charge in [-0.2, -0.15) is 11.8 Å². The van der Waals surface area contributed by atoms with Gasteiger partial charge in [-0.1, -0.05) is 85.3 Å². The molecule has 202 valence electrons. The number of carboxylic acid groups (broad SMARTS) is 1. The van der Waals surface area contributed by atoms with Crippen molar-refractivity contribution in [1.82, 2.24) is 4.98 Å². The maximum atomic E-state index is 11.4. The molecule has 1 heterocycles. The van der Waals surface area contributed by atoms with E-state index in [0.29, 0.717) is 5.02 Å². The number of pyridine rings is 1. The van der Waals surface area contributed by atoms with E-state index in [-0.39, 0.29) is 16.9 Å². The Balaban J connectivity index is 1.57. The van der Waals surface area contributed by atoms with Crippen LogP contribution >= 0.6 is 23.4 Å². The van der Waals surface area contributed by atoms with E-state index in [2.05, 4.69) is 24.3 Å². The molecule has 6 heteroatoms. The molecule has 0 saturated heterocycles. The maximum Gasteiger partial charge on any atom is 0.304 e. The Morgan fingerprint density at radius 3 is 2.56 bits per heavy atom. The Morgan fingerprint density at radius 2 is 1.79 bits per heavy atom. The molecule has 0 aliphatic carbocycles. The van der Waals surface area contributed by atoms with E-state index in [4.69, 9.17) is 16.6 Å². The maximum absolute atomic E-state index is 11.4. The molecule has 4 nitrogen and oxygen atoms in total. The van der Waals surface area contributed by atoms with Gasteiger partial charge in [0.1, 0.15) is 0 Å². The van der Waals surface area contributed by atoms with E-state index < -0.39 is 11.6 Å². The Kier molecular flexibility index (Phi) is 9.49. The summed E-state index contributed by atoms with van der Waals surface area (Å²) >= 11 is 7.84. The molecule has 4 aromatic rings. The van der Waals surface area contributed by atoms with Crippen LogP contribution in [0.3, 0.4) is 0 Å². The minimum Gasteiger partial charge on any atom is -0.481 e. The van der Waals surface area contributed by atoms with Crippen molar-refractivity contribution in [3.05, 3.63) is 112 Å². The van der Waals surface area contributed by atoms with Gasteiger partial charge in [-0.15, -0.1) is 0 Å². The molecule has 2 N–H and O–H groups in total. The number of halogens is 1. The van der Waals surface area contributed by atoms with Gasteiger partial charge >= 0.3 is 5.97 Å². The third-order valence-corrected chi connectivity index (χ3v) is 8.32. The first-order valence-corrected chi connectivity index (χ1v) is 14.4. The van der Waals surface area contributed by atoms with Crippen LogP contribution in [0, 0.1) is 0 Å². The number of hydrogen-bond donors (Lipinski definition) is 2. The topological polar surface area (TPSA) is 70.4 Å². The zero-order chi connectivity index (χ0) is 28.0. The Bertz CT molecular complexity index is 1480. The van der Waals surface area contributed by atoms with Crippen molar-refractivity contribution >= 4 is 52.4 Å². The van der Waals surface area contributed by atoms with Crippen LogP contribution in [0.25, 0.3) is 23.1 Å². The van der Waals surface area contributed by atoms with Crippen LogP contribution < -0.4 is 0 Å². The van der Waals surface area contributed by atoms with Gasteiger partial charge in [0, 0.05) is 20.9 Å². The third-order valence-electron chi connectivity index (χ3n) is 6.62. The normalized spacial score (nSPS) is 13.6. The van der Waals surface area contributed by atoms with Gasteiger partial charge in [-0.05, 0) is 73.2 Å². The fraction of sp³-hybridized carbons (Fsp3) is 0.273. The van der Waals surface area contributed by atoms with Crippen LogP contribution in [0.15, 0.2) is 78.9 Å². The van der Waals surface area contributed by atoms with Crippen LogP contribution in [-0.2, 0) is 16.8 Å². The lowest BCUT2D eigenvalue weighted by molar-refractivity contribution is -0.136. The number of thioether (sulfide) groups is 1. The summed E-state index contributed by atoms with van der Waals surface area (Å²) < 4.78 is 0. The molecule has 3 aromatic carbocycles. The average molecular weight is 560 g/mol. The van der Waals surface area contributed by atoms with Crippen molar-refractivity contribution in [1.29, 1.82) is 0 Å². The highest BCUT2D eigenvalue weighted by Crippen LogP contribution is 2.38. The van der Waals surface area contributed by atoms with E-state index in [1.54, 1.807) is 11.8 Å². The lowest BCUT2D eigenvalue weighted by atomic mass is 9.90.